The average Bonchev–Trinajstić information content (AvgIpc) is 3.04. The summed E-state index contributed by atoms with van der Waals surface area (Å²) in [6.45, 7) is 5.20. The van der Waals surface area contributed by atoms with Gasteiger partial charge in [-0.15, -0.1) is 0 Å². The van der Waals surface area contributed by atoms with Gasteiger partial charge >= 0.3 is 0 Å². The monoisotopic (exact) mass is 288 g/mol. The van der Waals surface area contributed by atoms with E-state index in [2.05, 4.69) is 9.88 Å². The number of hydrogen-bond acceptors (Lipinski definition) is 4. The van der Waals surface area contributed by atoms with Crippen LogP contribution in [0.2, 0.25) is 0 Å². The lowest BCUT2D eigenvalue weighted by Crippen LogP contribution is -2.50. The predicted octanol–water partition coefficient (Wildman–Crippen LogP) is 0.823. The molecule has 0 saturated carbocycles. The smallest absolute Gasteiger partial charge is 0.270 e. The van der Waals surface area contributed by atoms with Crippen molar-refractivity contribution in [1.82, 2.24) is 14.8 Å². The highest BCUT2D eigenvalue weighted by atomic mass is 16.5. The first-order valence-corrected chi connectivity index (χ1v) is 7.47. The summed E-state index contributed by atoms with van der Waals surface area (Å²) in [5.41, 5.74) is 1.01. The number of H-pyrrole nitrogens is 1. The lowest BCUT2D eigenvalue weighted by atomic mass is 10.0. The maximum absolute atomic E-state index is 12.4. The topological polar surface area (TPSA) is 72.4 Å². The van der Waals surface area contributed by atoms with E-state index in [1.165, 1.54) is 0 Å². The van der Waals surface area contributed by atoms with Gasteiger partial charge in [-0.2, -0.15) is 5.26 Å². The zero-order valence-corrected chi connectivity index (χ0v) is 12.0. The number of likely N-dealkylation sites (tertiary alicyclic amines) is 1. The molecule has 2 fully saturated rings. The van der Waals surface area contributed by atoms with E-state index in [9.17, 15) is 4.79 Å². The summed E-state index contributed by atoms with van der Waals surface area (Å²) in [4.78, 5) is 19.6. The highest BCUT2D eigenvalue weighted by Gasteiger charge is 2.28. The fourth-order valence-electron chi connectivity index (χ4n) is 3.13. The number of ether oxygens (including phenoxy) is 1. The Hall–Kier alpha value is -1.84. The Morgan fingerprint density at radius 1 is 1.29 bits per heavy atom. The molecule has 0 radical (unpaired) electrons. The first-order valence-electron chi connectivity index (χ1n) is 7.47. The van der Waals surface area contributed by atoms with E-state index < -0.39 is 0 Å². The minimum atomic E-state index is -0.00284. The number of nitrogens with one attached hydrogen (secondary N) is 1. The molecule has 2 aliphatic rings. The lowest BCUT2D eigenvalue weighted by Gasteiger charge is -2.40. The van der Waals surface area contributed by atoms with Gasteiger partial charge in [0.25, 0.3) is 5.91 Å². The average molecular weight is 288 g/mol. The fraction of sp³-hybridized carbons (Fsp3) is 0.600. The van der Waals surface area contributed by atoms with Crippen molar-refractivity contribution in [3.05, 3.63) is 23.5 Å². The third-order valence-corrected chi connectivity index (χ3v) is 4.36. The van der Waals surface area contributed by atoms with Gasteiger partial charge in [0.15, 0.2) is 0 Å². The number of morpholine rings is 1. The molecule has 0 aromatic carbocycles. The Kier molecular flexibility index (Phi) is 4.23. The van der Waals surface area contributed by atoms with E-state index >= 15 is 0 Å². The summed E-state index contributed by atoms with van der Waals surface area (Å²) in [5.74, 6) is -0.00284. The van der Waals surface area contributed by atoms with Crippen molar-refractivity contribution in [2.24, 2.45) is 0 Å². The summed E-state index contributed by atoms with van der Waals surface area (Å²) in [6, 6.07) is 4.22. The van der Waals surface area contributed by atoms with Crippen LogP contribution in [0.3, 0.4) is 0 Å². The molecule has 6 nitrogen and oxygen atoms in total. The molecule has 0 bridgehead atoms. The van der Waals surface area contributed by atoms with Gasteiger partial charge in [-0.1, -0.05) is 0 Å². The first-order chi connectivity index (χ1) is 10.3. The molecule has 0 unspecified atom stereocenters. The standard InChI is InChI=1S/C15H20N4O2/c16-10-12-9-14(17-11-12)15(20)19-3-1-13(2-4-19)18-5-7-21-8-6-18/h9,11,13,17H,1-8H2. The third-order valence-electron chi connectivity index (χ3n) is 4.36. The number of nitrogens with zero attached hydrogens (tertiary/aromatic N) is 3. The van der Waals surface area contributed by atoms with Crippen molar-refractivity contribution in [2.45, 2.75) is 18.9 Å². The molecule has 1 aromatic rings. The van der Waals surface area contributed by atoms with Gasteiger partial charge in [0.05, 0.1) is 18.8 Å². The van der Waals surface area contributed by atoms with Gasteiger partial charge in [-0.05, 0) is 18.9 Å². The maximum Gasteiger partial charge on any atom is 0.270 e. The number of aromatic amines is 1. The highest BCUT2D eigenvalue weighted by molar-refractivity contribution is 5.92. The van der Waals surface area contributed by atoms with Crippen molar-refractivity contribution in [3.63, 3.8) is 0 Å². The van der Waals surface area contributed by atoms with E-state index in [1.807, 2.05) is 11.0 Å². The largest absolute Gasteiger partial charge is 0.379 e. The van der Waals surface area contributed by atoms with Crippen LogP contribution in [0.15, 0.2) is 12.3 Å². The van der Waals surface area contributed by atoms with Crippen LogP contribution in [0.1, 0.15) is 28.9 Å². The number of hydrogen-bond donors (Lipinski definition) is 1. The molecule has 0 aliphatic carbocycles. The van der Waals surface area contributed by atoms with Gasteiger partial charge in [0.1, 0.15) is 11.8 Å². The summed E-state index contributed by atoms with van der Waals surface area (Å²) < 4.78 is 5.38. The van der Waals surface area contributed by atoms with E-state index in [-0.39, 0.29) is 5.91 Å². The first kappa shape index (κ1) is 14.1. The van der Waals surface area contributed by atoms with Crippen LogP contribution in [0.5, 0.6) is 0 Å². The van der Waals surface area contributed by atoms with Crippen molar-refractivity contribution in [1.29, 1.82) is 5.26 Å². The molecular weight excluding hydrogens is 268 g/mol. The summed E-state index contributed by atoms with van der Waals surface area (Å²) in [5, 5.41) is 8.81. The highest BCUT2D eigenvalue weighted by Crippen LogP contribution is 2.19. The molecule has 112 valence electrons. The molecule has 1 N–H and O–H groups in total. The van der Waals surface area contributed by atoms with Crippen LogP contribution in [0, 0.1) is 11.3 Å². The quantitative estimate of drug-likeness (QED) is 0.874. The zero-order chi connectivity index (χ0) is 14.7. The number of amides is 1. The van der Waals surface area contributed by atoms with Crippen molar-refractivity contribution < 1.29 is 9.53 Å². The van der Waals surface area contributed by atoms with Crippen LogP contribution < -0.4 is 0 Å². The minimum Gasteiger partial charge on any atom is -0.379 e. The van der Waals surface area contributed by atoms with Crippen molar-refractivity contribution >= 4 is 5.91 Å². The van der Waals surface area contributed by atoms with E-state index in [4.69, 9.17) is 10.00 Å². The molecule has 3 heterocycles. The number of rotatable bonds is 2. The maximum atomic E-state index is 12.4. The molecule has 6 heteroatoms. The third kappa shape index (κ3) is 3.09. The minimum absolute atomic E-state index is 0.00284. The van der Waals surface area contributed by atoms with Crippen molar-refractivity contribution in [3.8, 4) is 6.07 Å². The SMILES string of the molecule is N#Cc1c[nH]c(C(=O)N2CCC(N3CCOCC3)CC2)c1. The Morgan fingerprint density at radius 2 is 2.00 bits per heavy atom. The second-order valence-corrected chi connectivity index (χ2v) is 5.59. The predicted molar refractivity (Wildman–Crippen MR) is 76.8 cm³/mol. The van der Waals surface area contributed by atoms with Crippen molar-refractivity contribution in [2.75, 3.05) is 39.4 Å². The molecule has 1 amide bonds. The molecule has 1 aromatic heterocycles. The Balaban J connectivity index is 1.55. The van der Waals surface area contributed by atoms with Gasteiger partial charge in [0.2, 0.25) is 0 Å². The lowest BCUT2D eigenvalue weighted by molar-refractivity contribution is 0.00153. The van der Waals surface area contributed by atoms with E-state index in [0.29, 0.717) is 17.3 Å². The Morgan fingerprint density at radius 3 is 2.62 bits per heavy atom. The van der Waals surface area contributed by atoms with Crippen LogP contribution in [-0.4, -0.2) is 66.1 Å². The fourth-order valence-corrected chi connectivity index (χ4v) is 3.13. The molecular formula is C15H20N4O2. The summed E-state index contributed by atoms with van der Waals surface area (Å²) in [6.07, 6.45) is 3.60. The van der Waals surface area contributed by atoms with Gasteiger partial charge < -0.3 is 14.6 Å². The van der Waals surface area contributed by atoms with Crippen LogP contribution >= 0.6 is 0 Å². The number of aromatic nitrogens is 1. The molecule has 0 spiro atoms. The van der Waals surface area contributed by atoms with Gasteiger partial charge in [-0.25, -0.2) is 0 Å². The molecule has 2 aliphatic heterocycles. The molecule has 21 heavy (non-hydrogen) atoms. The molecule has 3 rings (SSSR count). The number of piperidine rings is 1. The van der Waals surface area contributed by atoms with Crippen LogP contribution in [0.4, 0.5) is 0 Å². The Labute approximate surface area is 124 Å². The normalized spacial score (nSPS) is 21.2. The summed E-state index contributed by atoms with van der Waals surface area (Å²) >= 11 is 0. The Bertz CT molecular complexity index is 534. The second kappa shape index (κ2) is 6.29. The van der Waals surface area contributed by atoms with Gasteiger partial charge in [-0.3, -0.25) is 9.69 Å². The van der Waals surface area contributed by atoms with Crippen LogP contribution in [0.25, 0.3) is 0 Å². The molecule has 2 saturated heterocycles. The van der Waals surface area contributed by atoms with Gasteiger partial charge in [0, 0.05) is 38.4 Å². The van der Waals surface area contributed by atoms with E-state index in [1.54, 1.807) is 12.3 Å². The number of nitriles is 1. The van der Waals surface area contributed by atoms with Crippen LogP contribution in [-0.2, 0) is 4.74 Å². The van der Waals surface area contributed by atoms with E-state index in [0.717, 1.165) is 52.2 Å². The second-order valence-electron chi connectivity index (χ2n) is 5.59. The zero-order valence-electron chi connectivity index (χ0n) is 12.0. The number of carbonyl (C=O) groups excluding carboxylic acids is 1. The molecule has 0 atom stereocenters. The number of carbonyl (C=O) groups is 1. The summed E-state index contributed by atoms with van der Waals surface area (Å²) in [7, 11) is 0.